The average Bonchev–Trinajstić information content (AvgIpc) is 2.56. The SMILES string of the molecule is Cc1ccc2c(c1)cc1n2C(=O)NCC1. The number of aromatic nitrogens is 1. The highest BCUT2D eigenvalue weighted by molar-refractivity contribution is 5.93. The lowest BCUT2D eigenvalue weighted by molar-refractivity contribution is 0.240. The fraction of sp³-hybridized carbons (Fsp3) is 0.250. The number of rotatable bonds is 0. The van der Waals surface area contributed by atoms with Gasteiger partial charge in [-0.25, -0.2) is 4.79 Å². The van der Waals surface area contributed by atoms with Gasteiger partial charge in [0.05, 0.1) is 5.52 Å². The van der Waals surface area contributed by atoms with Crippen molar-refractivity contribution in [2.24, 2.45) is 0 Å². The van der Waals surface area contributed by atoms with Gasteiger partial charge in [0, 0.05) is 24.0 Å². The van der Waals surface area contributed by atoms with Crippen molar-refractivity contribution in [2.75, 3.05) is 6.54 Å². The number of benzene rings is 1. The second-order valence-corrected chi connectivity index (χ2v) is 4.02. The van der Waals surface area contributed by atoms with Gasteiger partial charge in [0.1, 0.15) is 0 Å². The van der Waals surface area contributed by atoms with Crippen LogP contribution in [-0.4, -0.2) is 17.1 Å². The van der Waals surface area contributed by atoms with Crippen LogP contribution in [0.1, 0.15) is 11.3 Å². The standard InChI is InChI=1S/C12H12N2O/c1-8-2-3-11-9(6-8)7-10-4-5-13-12(15)14(10)11/h2-3,6-7H,4-5H2,1H3,(H,13,15). The molecule has 1 aliphatic heterocycles. The van der Waals surface area contributed by atoms with Crippen molar-refractivity contribution in [1.29, 1.82) is 0 Å². The highest BCUT2D eigenvalue weighted by Gasteiger charge is 2.18. The molecule has 1 N–H and O–H groups in total. The fourth-order valence-electron chi connectivity index (χ4n) is 2.19. The quantitative estimate of drug-likeness (QED) is 0.694. The smallest absolute Gasteiger partial charge is 0.326 e. The summed E-state index contributed by atoms with van der Waals surface area (Å²) in [7, 11) is 0. The normalized spacial score (nSPS) is 15.1. The lowest BCUT2D eigenvalue weighted by atomic mass is 10.2. The lowest BCUT2D eigenvalue weighted by Gasteiger charge is -2.15. The largest absolute Gasteiger partial charge is 0.337 e. The molecule has 0 atom stereocenters. The van der Waals surface area contributed by atoms with Crippen LogP contribution >= 0.6 is 0 Å². The molecule has 1 aromatic heterocycles. The number of hydrogen-bond acceptors (Lipinski definition) is 1. The zero-order valence-corrected chi connectivity index (χ0v) is 8.58. The van der Waals surface area contributed by atoms with Gasteiger partial charge in [-0.1, -0.05) is 11.6 Å². The molecule has 0 unspecified atom stereocenters. The molecule has 1 amide bonds. The highest BCUT2D eigenvalue weighted by atomic mass is 16.2. The summed E-state index contributed by atoms with van der Waals surface area (Å²) < 4.78 is 1.78. The van der Waals surface area contributed by atoms with Gasteiger partial charge >= 0.3 is 6.03 Å². The summed E-state index contributed by atoms with van der Waals surface area (Å²) >= 11 is 0. The van der Waals surface area contributed by atoms with Gasteiger partial charge in [-0.3, -0.25) is 4.57 Å². The number of amides is 1. The molecule has 1 aromatic carbocycles. The van der Waals surface area contributed by atoms with Crippen LogP contribution < -0.4 is 5.32 Å². The Morgan fingerprint density at radius 1 is 1.33 bits per heavy atom. The Morgan fingerprint density at radius 3 is 3.07 bits per heavy atom. The number of carbonyl (C=O) groups excluding carboxylic acids is 1. The number of fused-ring (bicyclic) bond motifs is 3. The van der Waals surface area contributed by atoms with Gasteiger partial charge < -0.3 is 5.32 Å². The minimum absolute atomic E-state index is 0.00453. The first-order chi connectivity index (χ1) is 7.25. The van der Waals surface area contributed by atoms with Crippen LogP contribution in [0.25, 0.3) is 10.9 Å². The molecule has 76 valence electrons. The van der Waals surface area contributed by atoms with Gasteiger partial charge in [-0.2, -0.15) is 0 Å². The maximum absolute atomic E-state index is 11.7. The molecule has 1 aliphatic rings. The van der Waals surface area contributed by atoms with Crippen LogP contribution in [0.3, 0.4) is 0 Å². The average molecular weight is 200 g/mol. The molecule has 0 aliphatic carbocycles. The van der Waals surface area contributed by atoms with Gasteiger partial charge in [-0.15, -0.1) is 0 Å². The van der Waals surface area contributed by atoms with Crippen molar-refractivity contribution in [3.05, 3.63) is 35.5 Å². The zero-order chi connectivity index (χ0) is 10.4. The first kappa shape index (κ1) is 8.53. The van der Waals surface area contributed by atoms with E-state index in [0.29, 0.717) is 0 Å². The van der Waals surface area contributed by atoms with Crippen molar-refractivity contribution in [3.8, 4) is 0 Å². The molecule has 2 heterocycles. The minimum atomic E-state index is -0.00453. The predicted molar refractivity (Wildman–Crippen MR) is 59.2 cm³/mol. The van der Waals surface area contributed by atoms with E-state index in [0.717, 1.165) is 29.6 Å². The Labute approximate surface area is 87.7 Å². The van der Waals surface area contributed by atoms with Crippen LogP contribution in [0, 0.1) is 6.92 Å². The molecule has 2 aromatic rings. The third-order valence-corrected chi connectivity index (χ3v) is 2.89. The molecule has 0 saturated heterocycles. The Kier molecular flexibility index (Phi) is 1.63. The summed E-state index contributed by atoms with van der Waals surface area (Å²) in [5, 5.41) is 4.01. The molecule has 0 bridgehead atoms. The molecule has 3 heteroatoms. The van der Waals surface area contributed by atoms with E-state index >= 15 is 0 Å². The van der Waals surface area contributed by atoms with Crippen LogP contribution in [0.4, 0.5) is 4.79 Å². The molecular formula is C12H12N2O. The van der Waals surface area contributed by atoms with Crippen molar-refractivity contribution in [1.82, 2.24) is 9.88 Å². The van der Waals surface area contributed by atoms with Crippen molar-refractivity contribution >= 4 is 16.9 Å². The lowest BCUT2D eigenvalue weighted by Crippen LogP contribution is -2.36. The van der Waals surface area contributed by atoms with E-state index < -0.39 is 0 Å². The summed E-state index contributed by atoms with van der Waals surface area (Å²) in [5.41, 5.74) is 3.35. The molecule has 15 heavy (non-hydrogen) atoms. The van der Waals surface area contributed by atoms with E-state index in [1.807, 2.05) is 12.1 Å². The Morgan fingerprint density at radius 2 is 2.20 bits per heavy atom. The van der Waals surface area contributed by atoms with Crippen LogP contribution in [-0.2, 0) is 6.42 Å². The van der Waals surface area contributed by atoms with E-state index in [4.69, 9.17) is 0 Å². The second-order valence-electron chi connectivity index (χ2n) is 4.02. The third-order valence-electron chi connectivity index (χ3n) is 2.89. The Balaban J connectivity index is 2.36. The number of nitrogens with one attached hydrogen (secondary N) is 1. The first-order valence-electron chi connectivity index (χ1n) is 5.15. The summed E-state index contributed by atoms with van der Waals surface area (Å²) in [5.74, 6) is 0. The number of carbonyl (C=O) groups is 1. The number of aryl methyl sites for hydroxylation is 1. The van der Waals surface area contributed by atoms with Gasteiger partial charge in [-0.05, 0) is 25.1 Å². The van der Waals surface area contributed by atoms with Gasteiger partial charge in [0.2, 0.25) is 0 Å². The van der Waals surface area contributed by atoms with E-state index in [9.17, 15) is 4.79 Å². The van der Waals surface area contributed by atoms with Crippen molar-refractivity contribution < 1.29 is 4.79 Å². The molecule has 0 fully saturated rings. The molecule has 3 nitrogen and oxygen atoms in total. The summed E-state index contributed by atoms with van der Waals surface area (Å²) in [4.78, 5) is 11.7. The highest BCUT2D eigenvalue weighted by Crippen LogP contribution is 2.22. The molecule has 3 rings (SSSR count). The van der Waals surface area contributed by atoms with E-state index in [2.05, 4.69) is 24.4 Å². The first-order valence-corrected chi connectivity index (χ1v) is 5.15. The minimum Gasteiger partial charge on any atom is -0.337 e. The topological polar surface area (TPSA) is 34.0 Å². The summed E-state index contributed by atoms with van der Waals surface area (Å²) in [6, 6.07) is 8.28. The fourth-order valence-corrected chi connectivity index (χ4v) is 2.19. The van der Waals surface area contributed by atoms with Crippen molar-refractivity contribution in [3.63, 3.8) is 0 Å². The van der Waals surface area contributed by atoms with Crippen LogP contribution in [0.2, 0.25) is 0 Å². The van der Waals surface area contributed by atoms with Crippen molar-refractivity contribution in [2.45, 2.75) is 13.3 Å². The maximum Gasteiger partial charge on any atom is 0.326 e. The number of hydrogen-bond donors (Lipinski definition) is 1. The summed E-state index contributed by atoms with van der Waals surface area (Å²) in [6.45, 7) is 2.81. The van der Waals surface area contributed by atoms with Crippen LogP contribution in [0.15, 0.2) is 24.3 Å². The molecule has 0 radical (unpaired) electrons. The maximum atomic E-state index is 11.7. The third kappa shape index (κ3) is 1.16. The summed E-state index contributed by atoms with van der Waals surface area (Å²) in [6.07, 6.45) is 0.916. The zero-order valence-electron chi connectivity index (χ0n) is 8.58. The van der Waals surface area contributed by atoms with Crippen LogP contribution in [0.5, 0.6) is 0 Å². The van der Waals surface area contributed by atoms with Gasteiger partial charge in [0.15, 0.2) is 0 Å². The molecule has 0 saturated carbocycles. The Bertz CT molecular complexity index is 554. The Hall–Kier alpha value is -1.77. The van der Waals surface area contributed by atoms with E-state index in [1.54, 1.807) is 4.57 Å². The van der Waals surface area contributed by atoms with E-state index in [1.165, 1.54) is 5.56 Å². The predicted octanol–water partition coefficient (Wildman–Crippen LogP) is 2.06. The van der Waals surface area contributed by atoms with Gasteiger partial charge in [0.25, 0.3) is 0 Å². The monoisotopic (exact) mass is 200 g/mol. The second kappa shape index (κ2) is 2.86. The number of nitrogens with zero attached hydrogens (tertiary/aromatic N) is 1. The molecule has 0 spiro atoms. The molecular weight excluding hydrogens is 188 g/mol. The van der Waals surface area contributed by atoms with E-state index in [-0.39, 0.29) is 6.03 Å².